The standard InChI is InChI=1S/C29H28FNO3/c1-16-12-19(22-10-11-27(31)23-9-8-21(32)15-25(22)23)6-7-20(26(30)13-16)14-24-17-2-4-18(5-3-17)28(24)29(33)34/h6,8-9,11-13,15-18,24,28,31-32H,2-5,14H2,1H3,(H,33,34). The number of aromatic hydroxyl groups is 1. The van der Waals surface area contributed by atoms with Crippen LogP contribution in [0.5, 0.6) is 5.75 Å². The van der Waals surface area contributed by atoms with Gasteiger partial charge in [-0.25, -0.2) is 4.39 Å². The van der Waals surface area contributed by atoms with E-state index in [0.29, 0.717) is 34.8 Å². The first-order valence-electron chi connectivity index (χ1n) is 12.0. The number of carboxylic acids is 1. The van der Waals surface area contributed by atoms with Crippen LogP contribution in [0.3, 0.4) is 0 Å². The summed E-state index contributed by atoms with van der Waals surface area (Å²) in [5.41, 5.74) is 9.95. The lowest BCUT2D eigenvalue weighted by atomic mass is 9.57. The average molecular weight is 458 g/mol. The Morgan fingerprint density at radius 2 is 1.82 bits per heavy atom. The number of carboxylic acid groups (broad SMARTS) is 1. The van der Waals surface area contributed by atoms with E-state index in [1.807, 2.05) is 13.0 Å². The maximum absolute atomic E-state index is 15.3. The fourth-order valence-electron chi connectivity index (χ4n) is 6.26. The Bertz CT molecular complexity index is 1260. The molecule has 174 valence electrons. The van der Waals surface area contributed by atoms with E-state index < -0.39 is 11.9 Å². The normalized spacial score (nSPS) is 29.9. The molecule has 3 fully saturated rings. The molecule has 34 heavy (non-hydrogen) atoms. The van der Waals surface area contributed by atoms with Gasteiger partial charge in [0.2, 0.25) is 0 Å². The van der Waals surface area contributed by atoms with Crippen LogP contribution in [0.15, 0.2) is 70.9 Å². The van der Waals surface area contributed by atoms with Gasteiger partial charge in [0.15, 0.2) is 0 Å². The summed E-state index contributed by atoms with van der Waals surface area (Å²) in [7, 11) is 0. The molecule has 0 aliphatic heterocycles. The molecule has 5 heteroatoms. The number of phenolic OH excluding ortho intramolecular Hbond substituents is 1. The van der Waals surface area contributed by atoms with Gasteiger partial charge in [-0.3, -0.25) is 10.2 Å². The van der Waals surface area contributed by atoms with Gasteiger partial charge in [0.1, 0.15) is 11.6 Å². The fourth-order valence-corrected chi connectivity index (χ4v) is 6.26. The lowest BCUT2D eigenvalue weighted by molar-refractivity contribution is -0.152. The van der Waals surface area contributed by atoms with Crippen molar-refractivity contribution in [2.45, 2.75) is 39.0 Å². The predicted octanol–water partition coefficient (Wildman–Crippen LogP) is 6.35. The zero-order chi connectivity index (χ0) is 24.0. The predicted molar refractivity (Wildman–Crippen MR) is 129 cm³/mol. The second-order valence-electron chi connectivity index (χ2n) is 9.98. The summed E-state index contributed by atoms with van der Waals surface area (Å²) in [5.74, 6) is -1.20. The Morgan fingerprint density at radius 3 is 2.56 bits per heavy atom. The maximum Gasteiger partial charge on any atom is 0.307 e. The number of hydrogen-bond acceptors (Lipinski definition) is 3. The lowest BCUT2D eigenvalue weighted by Crippen LogP contribution is -2.44. The molecular formula is C29H28FNO3. The van der Waals surface area contributed by atoms with E-state index in [9.17, 15) is 15.0 Å². The van der Waals surface area contributed by atoms with E-state index in [4.69, 9.17) is 5.41 Å². The molecule has 0 amide bonds. The third-order valence-corrected chi connectivity index (χ3v) is 7.87. The SMILES string of the molecule is CC1C=C(F)C(CC2C3CCC(CC3)C2C(=O)O)=C=CC(C2=C=CC(=N)c3ccc(O)cc32)=C1. The highest BCUT2D eigenvalue weighted by Gasteiger charge is 2.47. The molecule has 0 saturated heterocycles. The minimum Gasteiger partial charge on any atom is -0.508 e. The zero-order valence-electron chi connectivity index (χ0n) is 19.1. The first-order chi connectivity index (χ1) is 16.3. The van der Waals surface area contributed by atoms with Crippen LogP contribution in [0.1, 0.15) is 50.2 Å². The maximum atomic E-state index is 15.3. The van der Waals surface area contributed by atoms with Gasteiger partial charge >= 0.3 is 5.97 Å². The van der Waals surface area contributed by atoms with Crippen molar-refractivity contribution in [1.29, 1.82) is 5.41 Å². The van der Waals surface area contributed by atoms with Crippen molar-refractivity contribution in [1.82, 2.24) is 0 Å². The average Bonchev–Trinajstić information content (AvgIpc) is 2.80. The van der Waals surface area contributed by atoms with Crippen LogP contribution < -0.4 is 0 Å². The largest absolute Gasteiger partial charge is 0.508 e. The summed E-state index contributed by atoms with van der Waals surface area (Å²) in [4.78, 5) is 12.1. The molecule has 3 unspecified atom stereocenters. The van der Waals surface area contributed by atoms with E-state index in [1.54, 1.807) is 36.4 Å². The van der Waals surface area contributed by atoms with Crippen molar-refractivity contribution in [3.63, 3.8) is 0 Å². The molecule has 4 nitrogen and oxygen atoms in total. The van der Waals surface area contributed by atoms with Crippen molar-refractivity contribution < 1.29 is 19.4 Å². The van der Waals surface area contributed by atoms with Crippen LogP contribution in [0.25, 0.3) is 5.57 Å². The van der Waals surface area contributed by atoms with Crippen molar-refractivity contribution in [3.05, 3.63) is 82.1 Å². The fraction of sp³-hybridized carbons (Fsp3) is 0.379. The third-order valence-electron chi connectivity index (χ3n) is 7.87. The van der Waals surface area contributed by atoms with E-state index in [2.05, 4.69) is 11.5 Å². The van der Waals surface area contributed by atoms with Crippen LogP contribution in [-0.4, -0.2) is 21.9 Å². The monoisotopic (exact) mass is 457 g/mol. The first-order valence-corrected chi connectivity index (χ1v) is 12.0. The zero-order valence-corrected chi connectivity index (χ0v) is 19.1. The second kappa shape index (κ2) is 8.76. The highest BCUT2D eigenvalue weighted by atomic mass is 19.1. The van der Waals surface area contributed by atoms with Crippen LogP contribution >= 0.6 is 0 Å². The number of aliphatic carboxylic acids is 1. The Balaban J connectivity index is 1.54. The van der Waals surface area contributed by atoms with Gasteiger partial charge < -0.3 is 10.2 Å². The van der Waals surface area contributed by atoms with Gasteiger partial charge in [-0.15, -0.1) is 11.5 Å². The topological polar surface area (TPSA) is 81.4 Å². The number of carbonyl (C=O) groups is 1. The number of phenols is 1. The van der Waals surface area contributed by atoms with Crippen molar-refractivity contribution in [2.24, 2.45) is 29.6 Å². The molecule has 0 radical (unpaired) electrons. The smallest absolute Gasteiger partial charge is 0.307 e. The van der Waals surface area contributed by atoms with Gasteiger partial charge in [0.05, 0.1) is 11.6 Å². The van der Waals surface area contributed by atoms with Gasteiger partial charge in [-0.2, -0.15) is 0 Å². The second-order valence-corrected chi connectivity index (χ2v) is 9.98. The van der Waals surface area contributed by atoms with Crippen molar-refractivity contribution in [3.8, 4) is 5.75 Å². The summed E-state index contributed by atoms with van der Waals surface area (Å²) in [6.45, 7) is 1.90. The number of fused-ring (bicyclic) bond motifs is 4. The van der Waals surface area contributed by atoms with Gasteiger partial charge in [-0.1, -0.05) is 13.0 Å². The number of hydrogen-bond donors (Lipinski definition) is 3. The Hall–Kier alpha value is -3.39. The quantitative estimate of drug-likeness (QED) is 0.461. The molecule has 0 spiro atoms. The van der Waals surface area contributed by atoms with Gasteiger partial charge in [0, 0.05) is 28.3 Å². The lowest BCUT2D eigenvalue weighted by Gasteiger charge is -2.47. The number of benzene rings is 1. The summed E-state index contributed by atoms with van der Waals surface area (Å²) in [5, 5.41) is 28.1. The number of halogens is 1. The van der Waals surface area contributed by atoms with Crippen molar-refractivity contribution in [2.75, 3.05) is 0 Å². The van der Waals surface area contributed by atoms with Crippen molar-refractivity contribution >= 4 is 17.3 Å². The summed E-state index contributed by atoms with van der Waals surface area (Å²) < 4.78 is 15.3. The first kappa shape index (κ1) is 22.4. The molecule has 3 saturated carbocycles. The van der Waals surface area contributed by atoms with E-state index in [-0.39, 0.29) is 29.3 Å². The van der Waals surface area contributed by atoms with E-state index in [0.717, 1.165) is 36.8 Å². The van der Waals surface area contributed by atoms with Crippen LogP contribution in [-0.2, 0) is 4.79 Å². The molecule has 2 bridgehead atoms. The molecule has 5 aliphatic rings. The Morgan fingerprint density at radius 1 is 1.09 bits per heavy atom. The number of rotatable bonds is 4. The summed E-state index contributed by atoms with van der Waals surface area (Å²) in [6.07, 6.45) is 11.1. The van der Waals surface area contributed by atoms with Crippen LogP contribution in [0, 0.1) is 35.0 Å². The van der Waals surface area contributed by atoms with Gasteiger partial charge in [-0.05, 0) is 91.7 Å². The van der Waals surface area contributed by atoms with Gasteiger partial charge in [0.25, 0.3) is 0 Å². The summed E-state index contributed by atoms with van der Waals surface area (Å²) >= 11 is 0. The molecule has 0 aromatic heterocycles. The molecular weight excluding hydrogens is 429 g/mol. The molecule has 1 aromatic carbocycles. The van der Waals surface area contributed by atoms with E-state index in [1.165, 1.54) is 0 Å². The Labute approximate surface area is 198 Å². The van der Waals surface area contributed by atoms with Crippen LogP contribution in [0.4, 0.5) is 4.39 Å². The minimum atomic E-state index is -0.760. The minimum absolute atomic E-state index is 0.0749. The number of nitrogens with one attached hydrogen (secondary N) is 1. The molecule has 5 aliphatic carbocycles. The molecule has 3 N–H and O–H groups in total. The molecule has 6 rings (SSSR count). The summed E-state index contributed by atoms with van der Waals surface area (Å²) in [6, 6.07) is 4.89. The molecule has 0 heterocycles. The Kier molecular flexibility index (Phi) is 5.77. The van der Waals surface area contributed by atoms with E-state index >= 15 is 4.39 Å². The number of allylic oxidation sites excluding steroid dienone is 6. The third kappa shape index (κ3) is 4.03. The molecule has 1 aromatic rings. The highest BCUT2D eigenvalue weighted by Crippen LogP contribution is 2.51. The highest BCUT2D eigenvalue weighted by molar-refractivity contribution is 6.13. The molecule has 3 atom stereocenters. The van der Waals surface area contributed by atoms with Crippen LogP contribution in [0.2, 0.25) is 0 Å².